The zero-order valence-corrected chi connectivity index (χ0v) is 18.7. The first-order valence-electron chi connectivity index (χ1n) is 11.4. The molecule has 0 radical (unpaired) electrons. The number of carbonyl (C=O) groups excluding carboxylic acids is 2. The Bertz CT molecular complexity index is 1270. The molecule has 35 heavy (non-hydrogen) atoms. The predicted octanol–water partition coefficient (Wildman–Crippen LogP) is 3.92. The number of carboxylic acids is 1. The molecule has 0 spiro atoms. The fraction of sp³-hybridized carbons (Fsp3) is 0.231. The topological polar surface area (TPSA) is 133 Å². The lowest BCUT2D eigenvalue weighted by Gasteiger charge is -2.22. The average molecular weight is 473 g/mol. The molecule has 0 saturated carbocycles. The van der Waals surface area contributed by atoms with Crippen LogP contribution >= 0.6 is 0 Å². The number of ether oxygens (including phenoxy) is 1. The highest BCUT2D eigenvalue weighted by atomic mass is 16.5. The molecule has 2 aliphatic rings. The molecule has 3 aromatic rings. The van der Waals surface area contributed by atoms with Crippen LogP contribution in [0.4, 0.5) is 10.6 Å². The van der Waals surface area contributed by atoms with Gasteiger partial charge in [-0.15, -0.1) is 0 Å². The molecule has 9 heteroatoms. The van der Waals surface area contributed by atoms with Crippen LogP contribution in [0.2, 0.25) is 0 Å². The van der Waals surface area contributed by atoms with Crippen LogP contribution in [0.15, 0.2) is 66.7 Å². The summed E-state index contributed by atoms with van der Waals surface area (Å²) in [6.45, 7) is 0.163. The van der Waals surface area contributed by atoms with Crippen LogP contribution in [0.25, 0.3) is 11.1 Å². The standard InChI is InChI=1S/C26H24N4O5/c31-24(27-16-7-5-6-15(12-16)25(32)33)22-13-23(30-29-22)28-26(34)35-14-21-19-10-3-1-8-17(19)18-9-2-4-11-20(18)21/h1-5,7-11,13,15-16,21H,6,12,14H2,(H,27,31)(H,32,33)(H2,28,29,30,34). The smallest absolute Gasteiger partial charge is 0.412 e. The number of aliphatic carboxylic acids is 1. The Balaban J connectivity index is 1.17. The number of allylic oxidation sites excluding steroid dienone is 1. The predicted molar refractivity (Wildman–Crippen MR) is 128 cm³/mol. The number of H-pyrrole nitrogens is 1. The summed E-state index contributed by atoms with van der Waals surface area (Å²) in [5.41, 5.74) is 4.65. The van der Waals surface area contributed by atoms with E-state index in [9.17, 15) is 19.5 Å². The summed E-state index contributed by atoms with van der Waals surface area (Å²) in [5, 5.41) is 21.0. The van der Waals surface area contributed by atoms with Gasteiger partial charge in [0.25, 0.3) is 5.91 Å². The van der Waals surface area contributed by atoms with Crippen molar-refractivity contribution in [3.05, 3.63) is 83.6 Å². The van der Waals surface area contributed by atoms with Gasteiger partial charge in [-0.25, -0.2) is 4.79 Å². The zero-order chi connectivity index (χ0) is 24.4. The fourth-order valence-corrected chi connectivity index (χ4v) is 4.68. The maximum absolute atomic E-state index is 12.5. The Morgan fingerprint density at radius 2 is 1.74 bits per heavy atom. The zero-order valence-electron chi connectivity index (χ0n) is 18.7. The summed E-state index contributed by atoms with van der Waals surface area (Å²) in [6.07, 6.45) is 3.62. The molecule has 5 rings (SSSR count). The van der Waals surface area contributed by atoms with Crippen LogP contribution in [0.5, 0.6) is 0 Å². The normalized spacial score (nSPS) is 18.4. The van der Waals surface area contributed by atoms with Gasteiger partial charge in [-0.2, -0.15) is 5.10 Å². The molecule has 2 aliphatic carbocycles. The van der Waals surface area contributed by atoms with E-state index in [1.807, 2.05) is 36.4 Å². The highest BCUT2D eigenvalue weighted by Crippen LogP contribution is 2.44. The second kappa shape index (κ2) is 9.46. The van der Waals surface area contributed by atoms with Crippen molar-refractivity contribution in [3.8, 4) is 11.1 Å². The van der Waals surface area contributed by atoms with Crippen molar-refractivity contribution in [2.75, 3.05) is 11.9 Å². The number of nitrogens with one attached hydrogen (secondary N) is 3. The third-order valence-electron chi connectivity index (χ3n) is 6.39. The van der Waals surface area contributed by atoms with Gasteiger partial charge in [0.05, 0.1) is 5.92 Å². The Morgan fingerprint density at radius 3 is 2.43 bits per heavy atom. The number of aromatic nitrogens is 2. The number of anilines is 1. The van der Waals surface area contributed by atoms with Crippen LogP contribution < -0.4 is 10.6 Å². The van der Waals surface area contributed by atoms with Crippen LogP contribution in [-0.4, -0.2) is 45.9 Å². The highest BCUT2D eigenvalue weighted by molar-refractivity contribution is 5.94. The largest absolute Gasteiger partial charge is 0.481 e. The van der Waals surface area contributed by atoms with Gasteiger partial charge in [0.2, 0.25) is 0 Å². The molecular weight excluding hydrogens is 448 g/mol. The van der Waals surface area contributed by atoms with Crippen molar-refractivity contribution in [3.63, 3.8) is 0 Å². The number of hydrogen-bond acceptors (Lipinski definition) is 5. The van der Waals surface area contributed by atoms with Gasteiger partial charge in [-0.05, 0) is 35.1 Å². The second-order valence-electron chi connectivity index (χ2n) is 8.63. The van der Waals surface area contributed by atoms with Gasteiger partial charge in [0.1, 0.15) is 12.3 Å². The number of carboxylic acid groups (broad SMARTS) is 1. The minimum Gasteiger partial charge on any atom is -0.481 e. The number of aromatic amines is 1. The molecule has 9 nitrogen and oxygen atoms in total. The van der Waals surface area contributed by atoms with Crippen LogP contribution in [0.3, 0.4) is 0 Å². The van der Waals surface area contributed by atoms with E-state index in [2.05, 4.69) is 33.0 Å². The number of fused-ring (bicyclic) bond motifs is 3. The van der Waals surface area contributed by atoms with E-state index < -0.39 is 23.9 Å². The maximum atomic E-state index is 12.5. The number of carbonyl (C=O) groups is 3. The molecule has 2 amide bonds. The van der Waals surface area contributed by atoms with E-state index in [4.69, 9.17) is 4.74 Å². The Kier molecular flexibility index (Phi) is 6.05. The molecule has 2 atom stereocenters. The fourth-order valence-electron chi connectivity index (χ4n) is 4.68. The lowest BCUT2D eigenvalue weighted by molar-refractivity contribution is -0.142. The Hall–Kier alpha value is -4.40. The molecular formula is C26H24N4O5. The van der Waals surface area contributed by atoms with Gasteiger partial charge in [0, 0.05) is 18.0 Å². The van der Waals surface area contributed by atoms with E-state index in [0.29, 0.717) is 12.8 Å². The lowest BCUT2D eigenvalue weighted by Crippen LogP contribution is -2.37. The van der Waals surface area contributed by atoms with Gasteiger partial charge in [-0.3, -0.25) is 20.0 Å². The van der Waals surface area contributed by atoms with Gasteiger partial charge >= 0.3 is 12.1 Å². The summed E-state index contributed by atoms with van der Waals surface area (Å²) >= 11 is 0. The van der Waals surface area contributed by atoms with E-state index in [1.165, 1.54) is 6.07 Å². The van der Waals surface area contributed by atoms with E-state index in [1.54, 1.807) is 12.2 Å². The summed E-state index contributed by atoms with van der Waals surface area (Å²) in [5.74, 6) is -1.77. The molecule has 1 heterocycles. The number of nitrogens with zero attached hydrogens (tertiary/aromatic N) is 1. The SMILES string of the molecule is O=C(Nc1cc(C(=O)NC2C=CCC(C(=O)O)C2)[nH]n1)OCC1c2ccccc2-c2ccccc21. The first-order valence-corrected chi connectivity index (χ1v) is 11.4. The van der Waals surface area contributed by atoms with Crippen LogP contribution in [0.1, 0.15) is 40.4 Å². The molecule has 2 unspecified atom stereocenters. The molecule has 178 valence electrons. The minimum atomic E-state index is -0.885. The summed E-state index contributed by atoms with van der Waals surface area (Å²) in [6, 6.07) is 17.2. The van der Waals surface area contributed by atoms with Crippen molar-refractivity contribution in [1.82, 2.24) is 15.5 Å². The van der Waals surface area contributed by atoms with Crippen molar-refractivity contribution < 1.29 is 24.2 Å². The summed E-state index contributed by atoms with van der Waals surface area (Å²) < 4.78 is 5.50. The number of benzene rings is 2. The summed E-state index contributed by atoms with van der Waals surface area (Å²) in [7, 11) is 0. The molecule has 0 aliphatic heterocycles. The van der Waals surface area contributed by atoms with Gasteiger partial charge in [0.15, 0.2) is 5.82 Å². The third kappa shape index (κ3) is 4.65. The van der Waals surface area contributed by atoms with Crippen molar-refractivity contribution in [2.24, 2.45) is 5.92 Å². The van der Waals surface area contributed by atoms with E-state index >= 15 is 0 Å². The molecule has 0 fully saturated rings. The number of rotatable bonds is 6. The molecule has 1 aromatic heterocycles. The third-order valence-corrected chi connectivity index (χ3v) is 6.39. The lowest BCUT2D eigenvalue weighted by atomic mass is 9.91. The Labute approximate surface area is 201 Å². The minimum absolute atomic E-state index is 0.0631. The Morgan fingerprint density at radius 1 is 1.06 bits per heavy atom. The van der Waals surface area contributed by atoms with Gasteiger partial charge < -0.3 is 15.2 Å². The molecule has 2 aromatic carbocycles. The first-order chi connectivity index (χ1) is 17.0. The molecule has 4 N–H and O–H groups in total. The van der Waals surface area contributed by atoms with Crippen LogP contribution in [0, 0.1) is 5.92 Å². The molecule has 0 bridgehead atoms. The highest BCUT2D eigenvalue weighted by Gasteiger charge is 2.29. The monoisotopic (exact) mass is 472 g/mol. The number of hydrogen-bond donors (Lipinski definition) is 4. The van der Waals surface area contributed by atoms with Crippen LogP contribution in [-0.2, 0) is 9.53 Å². The first kappa shape index (κ1) is 22.4. The van der Waals surface area contributed by atoms with E-state index in [-0.39, 0.29) is 30.1 Å². The second-order valence-corrected chi connectivity index (χ2v) is 8.63. The summed E-state index contributed by atoms with van der Waals surface area (Å²) in [4.78, 5) is 36.2. The average Bonchev–Trinajstić information content (AvgIpc) is 3.46. The van der Waals surface area contributed by atoms with Gasteiger partial charge in [-0.1, -0.05) is 60.7 Å². The van der Waals surface area contributed by atoms with Crippen molar-refractivity contribution in [1.29, 1.82) is 0 Å². The van der Waals surface area contributed by atoms with Crippen molar-refractivity contribution in [2.45, 2.75) is 24.8 Å². The maximum Gasteiger partial charge on any atom is 0.412 e. The van der Waals surface area contributed by atoms with Crippen molar-refractivity contribution >= 4 is 23.8 Å². The molecule has 0 saturated heterocycles. The number of amides is 2. The quantitative estimate of drug-likeness (QED) is 0.402. The van der Waals surface area contributed by atoms with E-state index in [0.717, 1.165) is 22.3 Å².